The van der Waals surface area contributed by atoms with Gasteiger partial charge in [-0.1, -0.05) is 6.07 Å². The van der Waals surface area contributed by atoms with Crippen LogP contribution in [0.15, 0.2) is 12.3 Å². The molecule has 2 rings (SSSR count). The van der Waals surface area contributed by atoms with Crippen molar-refractivity contribution in [3.05, 3.63) is 23.4 Å². The van der Waals surface area contributed by atoms with E-state index in [-0.39, 0.29) is 12.1 Å². The molecule has 0 aromatic carbocycles. The molecule has 6 nitrogen and oxygen atoms in total. The molecule has 6 heteroatoms. The van der Waals surface area contributed by atoms with Gasteiger partial charge in [-0.3, -0.25) is 0 Å². The first-order valence-electron chi connectivity index (χ1n) is 8.38. The highest BCUT2D eigenvalue weighted by Gasteiger charge is 2.33. The van der Waals surface area contributed by atoms with E-state index in [1.165, 1.54) is 0 Å². The summed E-state index contributed by atoms with van der Waals surface area (Å²) in [5, 5.41) is 0. The van der Waals surface area contributed by atoms with E-state index in [0.29, 0.717) is 26.2 Å². The average molecular weight is 335 g/mol. The van der Waals surface area contributed by atoms with Crippen molar-refractivity contribution in [2.75, 3.05) is 38.3 Å². The van der Waals surface area contributed by atoms with Crippen LogP contribution in [0.4, 0.5) is 10.6 Å². The summed E-state index contributed by atoms with van der Waals surface area (Å²) in [7, 11) is 1.68. The smallest absolute Gasteiger partial charge is 0.410 e. The minimum atomic E-state index is -0.486. The molecule has 0 aliphatic carbocycles. The molecule has 1 fully saturated rings. The number of ether oxygens (including phenoxy) is 2. The van der Waals surface area contributed by atoms with Crippen LogP contribution in [-0.2, 0) is 9.47 Å². The van der Waals surface area contributed by atoms with Gasteiger partial charge in [-0.25, -0.2) is 9.78 Å². The molecule has 1 aliphatic heterocycles. The van der Waals surface area contributed by atoms with Gasteiger partial charge in [-0.2, -0.15) is 0 Å². The van der Waals surface area contributed by atoms with Crippen molar-refractivity contribution in [1.29, 1.82) is 0 Å². The number of aromatic nitrogens is 1. The third kappa shape index (κ3) is 4.60. The topological polar surface area (TPSA) is 54.9 Å². The van der Waals surface area contributed by atoms with Gasteiger partial charge in [-0.05, 0) is 45.7 Å². The first-order chi connectivity index (χ1) is 11.2. The summed E-state index contributed by atoms with van der Waals surface area (Å²) in [6.45, 7) is 12.2. The highest BCUT2D eigenvalue weighted by atomic mass is 16.6. The lowest BCUT2D eigenvalue weighted by molar-refractivity contribution is 0.0186. The monoisotopic (exact) mass is 335 g/mol. The number of nitrogens with zero attached hydrogens (tertiary/aromatic N) is 3. The van der Waals surface area contributed by atoms with Crippen LogP contribution in [0.2, 0.25) is 0 Å². The molecule has 1 aromatic rings. The Morgan fingerprint density at radius 2 is 2.04 bits per heavy atom. The second-order valence-electron chi connectivity index (χ2n) is 7.38. The van der Waals surface area contributed by atoms with E-state index in [9.17, 15) is 4.79 Å². The second-order valence-corrected chi connectivity index (χ2v) is 7.38. The molecule has 1 aliphatic rings. The van der Waals surface area contributed by atoms with Crippen LogP contribution in [0.5, 0.6) is 0 Å². The van der Waals surface area contributed by atoms with Crippen LogP contribution in [-0.4, -0.2) is 61.0 Å². The van der Waals surface area contributed by atoms with Crippen molar-refractivity contribution in [1.82, 2.24) is 9.88 Å². The molecule has 1 atom stereocenters. The quantitative estimate of drug-likeness (QED) is 0.850. The maximum absolute atomic E-state index is 12.3. The number of anilines is 1. The van der Waals surface area contributed by atoms with Crippen molar-refractivity contribution in [2.45, 2.75) is 46.3 Å². The Morgan fingerprint density at radius 3 is 2.62 bits per heavy atom. The Bertz CT molecular complexity index is 583. The molecule has 2 heterocycles. The number of aryl methyl sites for hydroxylation is 2. The molecule has 1 amide bonds. The number of rotatable bonds is 3. The van der Waals surface area contributed by atoms with E-state index in [1.54, 1.807) is 12.0 Å². The molecule has 24 heavy (non-hydrogen) atoms. The summed E-state index contributed by atoms with van der Waals surface area (Å²) in [5.41, 5.74) is 1.80. The summed E-state index contributed by atoms with van der Waals surface area (Å²) in [6.07, 6.45) is 1.61. The van der Waals surface area contributed by atoms with Crippen LogP contribution < -0.4 is 4.90 Å². The molecule has 134 valence electrons. The zero-order valence-electron chi connectivity index (χ0n) is 15.6. The summed E-state index contributed by atoms with van der Waals surface area (Å²) >= 11 is 0. The van der Waals surface area contributed by atoms with Crippen LogP contribution in [0.25, 0.3) is 0 Å². The van der Waals surface area contributed by atoms with E-state index in [1.807, 2.05) is 33.9 Å². The molecule has 0 N–H and O–H groups in total. The number of pyridine rings is 1. The Morgan fingerprint density at radius 1 is 1.33 bits per heavy atom. The van der Waals surface area contributed by atoms with Crippen molar-refractivity contribution >= 4 is 11.9 Å². The lowest BCUT2D eigenvalue weighted by Crippen LogP contribution is -2.57. The fourth-order valence-electron chi connectivity index (χ4n) is 2.97. The number of piperazine rings is 1. The van der Waals surface area contributed by atoms with E-state index >= 15 is 0 Å². The maximum atomic E-state index is 12.3. The van der Waals surface area contributed by atoms with Crippen molar-refractivity contribution in [3.8, 4) is 0 Å². The molecular formula is C18H29N3O3. The third-order valence-electron chi connectivity index (χ3n) is 3.95. The van der Waals surface area contributed by atoms with Gasteiger partial charge >= 0.3 is 6.09 Å². The molecule has 1 aromatic heterocycles. The van der Waals surface area contributed by atoms with Crippen LogP contribution in [0.3, 0.4) is 0 Å². The normalized spacial score (nSPS) is 18.7. The zero-order valence-corrected chi connectivity index (χ0v) is 15.6. The zero-order chi connectivity index (χ0) is 17.9. The average Bonchev–Trinajstić information content (AvgIpc) is 2.46. The molecular weight excluding hydrogens is 306 g/mol. The number of hydrogen-bond acceptors (Lipinski definition) is 5. The van der Waals surface area contributed by atoms with Gasteiger partial charge in [0, 0.05) is 32.9 Å². The first-order valence-corrected chi connectivity index (χ1v) is 8.38. The number of carbonyl (C=O) groups excluding carboxylic acids is 1. The second kappa shape index (κ2) is 7.38. The standard InChI is InChI=1S/C18H29N3O3/c1-13-9-14(2)16(19-10-13)21-8-7-20(11-15(21)12-23-6)17(22)24-18(3,4)5/h9-10,15H,7-8,11-12H2,1-6H3. The number of carbonyl (C=O) groups is 1. The van der Waals surface area contributed by atoms with E-state index in [2.05, 4.69) is 22.9 Å². The summed E-state index contributed by atoms with van der Waals surface area (Å²) < 4.78 is 10.9. The van der Waals surface area contributed by atoms with E-state index < -0.39 is 5.60 Å². The molecule has 0 bridgehead atoms. The predicted octanol–water partition coefficient (Wildman–Crippen LogP) is 2.77. The van der Waals surface area contributed by atoms with Crippen molar-refractivity contribution in [2.24, 2.45) is 0 Å². The fraction of sp³-hybridized carbons (Fsp3) is 0.667. The summed E-state index contributed by atoms with van der Waals surface area (Å²) in [4.78, 5) is 20.9. The van der Waals surface area contributed by atoms with E-state index in [4.69, 9.17) is 9.47 Å². The lowest BCUT2D eigenvalue weighted by atomic mass is 10.1. The number of amides is 1. The SMILES string of the molecule is COCC1CN(C(=O)OC(C)(C)C)CCN1c1ncc(C)cc1C. The minimum absolute atomic E-state index is 0.0603. The highest BCUT2D eigenvalue weighted by molar-refractivity contribution is 5.69. The molecule has 1 unspecified atom stereocenters. The van der Waals surface area contributed by atoms with Crippen molar-refractivity contribution < 1.29 is 14.3 Å². The van der Waals surface area contributed by atoms with Crippen LogP contribution in [0.1, 0.15) is 31.9 Å². The first kappa shape index (κ1) is 18.5. The van der Waals surface area contributed by atoms with Gasteiger partial charge in [0.2, 0.25) is 0 Å². The van der Waals surface area contributed by atoms with Gasteiger partial charge in [0.1, 0.15) is 11.4 Å². The van der Waals surface area contributed by atoms with Gasteiger partial charge in [0.15, 0.2) is 0 Å². The molecule has 1 saturated heterocycles. The molecule has 0 radical (unpaired) electrons. The largest absolute Gasteiger partial charge is 0.444 e. The van der Waals surface area contributed by atoms with Gasteiger partial charge < -0.3 is 19.3 Å². The molecule has 0 saturated carbocycles. The maximum Gasteiger partial charge on any atom is 0.410 e. The minimum Gasteiger partial charge on any atom is -0.444 e. The Balaban J connectivity index is 2.14. The van der Waals surface area contributed by atoms with Gasteiger partial charge in [0.05, 0.1) is 12.6 Å². The lowest BCUT2D eigenvalue weighted by Gasteiger charge is -2.42. The molecule has 0 spiro atoms. The van der Waals surface area contributed by atoms with Gasteiger partial charge in [0.25, 0.3) is 0 Å². The highest BCUT2D eigenvalue weighted by Crippen LogP contribution is 2.24. The number of hydrogen-bond donors (Lipinski definition) is 0. The van der Waals surface area contributed by atoms with Crippen molar-refractivity contribution in [3.63, 3.8) is 0 Å². The Hall–Kier alpha value is -1.82. The van der Waals surface area contributed by atoms with Crippen LogP contribution in [0, 0.1) is 13.8 Å². The third-order valence-corrected chi connectivity index (χ3v) is 3.95. The number of methoxy groups -OCH3 is 1. The summed E-state index contributed by atoms with van der Waals surface area (Å²) in [5.74, 6) is 0.964. The van der Waals surface area contributed by atoms with E-state index in [0.717, 1.165) is 16.9 Å². The fourth-order valence-corrected chi connectivity index (χ4v) is 2.97. The predicted molar refractivity (Wildman–Crippen MR) is 94.5 cm³/mol. The van der Waals surface area contributed by atoms with Crippen LogP contribution >= 0.6 is 0 Å². The Kier molecular flexibility index (Phi) is 5.70. The van der Waals surface area contributed by atoms with Gasteiger partial charge in [-0.15, -0.1) is 0 Å². The summed E-state index contributed by atoms with van der Waals surface area (Å²) in [6, 6.07) is 2.19. The Labute approximate surface area is 144 Å².